The minimum Gasteiger partial charge on any atom is -0.336 e. The highest BCUT2D eigenvalue weighted by Crippen LogP contribution is 2.14. The molecule has 0 spiro atoms. The van der Waals surface area contributed by atoms with Gasteiger partial charge in [0.1, 0.15) is 0 Å². The second-order valence-corrected chi connectivity index (χ2v) is 5.82. The molecule has 0 heterocycles. The van der Waals surface area contributed by atoms with Gasteiger partial charge in [-0.25, -0.2) is 0 Å². The molecule has 1 aromatic rings. The average molecular weight is 305 g/mol. The molecule has 0 saturated carbocycles. The van der Waals surface area contributed by atoms with Crippen molar-refractivity contribution in [3.8, 4) is 0 Å². The van der Waals surface area contributed by atoms with E-state index in [2.05, 4.69) is 5.32 Å². The first-order valence-electron chi connectivity index (χ1n) is 7.77. The highest BCUT2D eigenvalue weighted by atomic mass is 16.2. The van der Waals surface area contributed by atoms with E-state index < -0.39 is 6.04 Å². The molecule has 1 unspecified atom stereocenters. The molecule has 0 saturated heterocycles. The van der Waals surface area contributed by atoms with Crippen LogP contribution in [-0.4, -0.2) is 28.8 Å². The molecule has 1 rings (SSSR count). The third-order valence-corrected chi connectivity index (χ3v) is 3.54. The molecule has 5 heteroatoms. The van der Waals surface area contributed by atoms with E-state index in [1.807, 2.05) is 45.0 Å². The third kappa shape index (κ3) is 5.48. The fourth-order valence-electron chi connectivity index (χ4n) is 2.22. The maximum Gasteiger partial charge on any atom is 0.241 e. The number of nitrogens with one attached hydrogen (secondary N) is 1. The van der Waals surface area contributed by atoms with Crippen molar-refractivity contribution in [2.45, 2.75) is 59.2 Å². The summed E-state index contributed by atoms with van der Waals surface area (Å²) < 4.78 is 0. The van der Waals surface area contributed by atoms with Crippen molar-refractivity contribution in [2.24, 2.45) is 5.73 Å². The van der Waals surface area contributed by atoms with Crippen molar-refractivity contribution < 1.29 is 9.59 Å². The Balaban J connectivity index is 2.66. The highest BCUT2D eigenvalue weighted by molar-refractivity contribution is 5.94. The van der Waals surface area contributed by atoms with Gasteiger partial charge in [0.25, 0.3) is 0 Å². The number of carbonyl (C=O) groups excluding carboxylic acids is 2. The molecule has 0 radical (unpaired) electrons. The Morgan fingerprint density at radius 3 is 2.27 bits per heavy atom. The normalized spacial score (nSPS) is 12.1. The second kappa shape index (κ2) is 8.54. The molecular formula is C17H27N3O2. The lowest BCUT2D eigenvalue weighted by Crippen LogP contribution is -2.35. The Morgan fingerprint density at radius 2 is 1.82 bits per heavy atom. The Labute approximate surface area is 132 Å². The van der Waals surface area contributed by atoms with Gasteiger partial charge in [0.15, 0.2) is 0 Å². The van der Waals surface area contributed by atoms with E-state index in [4.69, 9.17) is 5.73 Å². The molecular weight excluding hydrogens is 278 g/mol. The summed E-state index contributed by atoms with van der Waals surface area (Å²) in [4.78, 5) is 25.2. The minimum atomic E-state index is -0.473. The highest BCUT2D eigenvalue weighted by Gasteiger charge is 2.14. The summed E-state index contributed by atoms with van der Waals surface area (Å²) in [5.41, 5.74) is 7.53. The molecule has 0 aliphatic carbocycles. The van der Waals surface area contributed by atoms with E-state index in [9.17, 15) is 9.59 Å². The summed E-state index contributed by atoms with van der Waals surface area (Å²) in [6, 6.07) is 7.19. The maximum absolute atomic E-state index is 11.9. The smallest absolute Gasteiger partial charge is 0.241 e. The van der Waals surface area contributed by atoms with Crippen molar-refractivity contribution in [2.75, 3.05) is 5.32 Å². The predicted molar refractivity (Wildman–Crippen MR) is 89.3 cm³/mol. The summed E-state index contributed by atoms with van der Waals surface area (Å²) in [7, 11) is 0. The van der Waals surface area contributed by atoms with Gasteiger partial charge in [-0.1, -0.05) is 25.5 Å². The average Bonchev–Trinajstić information content (AvgIpc) is 2.45. The van der Waals surface area contributed by atoms with Gasteiger partial charge in [0.2, 0.25) is 11.8 Å². The van der Waals surface area contributed by atoms with Crippen LogP contribution < -0.4 is 11.1 Å². The molecule has 1 atom stereocenters. The lowest BCUT2D eigenvalue weighted by atomic mass is 10.1. The molecule has 5 nitrogen and oxygen atoms in total. The van der Waals surface area contributed by atoms with Crippen molar-refractivity contribution in [1.29, 1.82) is 0 Å². The van der Waals surface area contributed by atoms with Crippen LogP contribution in [0.15, 0.2) is 24.3 Å². The fourth-order valence-corrected chi connectivity index (χ4v) is 2.22. The summed E-state index contributed by atoms with van der Waals surface area (Å²) in [6.07, 6.45) is 1.55. The number of rotatable bonds is 7. The summed E-state index contributed by atoms with van der Waals surface area (Å²) in [5.74, 6) is -0.111. The van der Waals surface area contributed by atoms with Crippen LogP contribution in [0, 0.1) is 0 Å². The quantitative estimate of drug-likeness (QED) is 0.812. The number of hydrogen-bond acceptors (Lipinski definition) is 3. The zero-order chi connectivity index (χ0) is 16.7. The van der Waals surface area contributed by atoms with Crippen molar-refractivity contribution >= 4 is 17.5 Å². The van der Waals surface area contributed by atoms with Crippen molar-refractivity contribution in [3.63, 3.8) is 0 Å². The lowest BCUT2D eigenvalue weighted by Gasteiger charge is -2.25. The van der Waals surface area contributed by atoms with Crippen LogP contribution in [-0.2, 0) is 16.1 Å². The lowest BCUT2D eigenvalue weighted by molar-refractivity contribution is -0.131. The first-order chi connectivity index (χ1) is 10.3. The largest absolute Gasteiger partial charge is 0.336 e. The minimum absolute atomic E-state index is 0.0536. The first kappa shape index (κ1) is 18.2. The van der Waals surface area contributed by atoms with Crippen LogP contribution in [0.2, 0.25) is 0 Å². The molecule has 0 bridgehead atoms. The van der Waals surface area contributed by atoms with Gasteiger partial charge in [-0.2, -0.15) is 0 Å². The molecule has 3 N–H and O–H groups in total. The van der Waals surface area contributed by atoms with E-state index in [1.165, 1.54) is 0 Å². The molecule has 0 aromatic heterocycles. The first-order valence-corrected chi connectivity index (χ1v) is 7.77. The Bertz CT molecular complexity index is 497. The van der Waals surface area contributed by atoms with E-state index in [0.717, 1.165) is 17.7 Å². The Kier molecular flexibility index (Phi) is 7.05. The zero-order valence-electron chi connectivity index (χ0n) is 13.9. The molecule has 1 aromatic carbocycles. The number of benzene rings is 1. The second-order valence-electron chi connectivity index (χ2n) is 5.82. The molecule has 122 valence electrons. The van der Waals surface area contributed by atoms with Crippen LogP contribution >= 0.6 is 0 Å². The number of nitrogens with two attached hydrogens (primary N) is 1. The molecule has 22 heavy (non-hydrogen) atoms. The van der Waals surface area contributed by atoms with Crippen LogP contribution in [0.5, 0.6) is 0 Å². The van der Waals surface area contributed by atoms with Crippen LogP contribution in [0.1, 0.15) is 46.1 Å². The molecule has 0 aliphatic rings. The Morgan fingerprint density at radius 1 is 1.23 bits per heavy atom. The van der Waals surface area contributed by atoms with Crippen molar-refractivity contribution in [3.05, 3.63) is 29.8 Å². The van der Waals surface area contributed by atoms with Crippen LogP contribution in [0.4, 0.5) is 5.69 Å². The number of anilines is 1. The number of hydrogen-bond donors (Lipinski definition) is 2. The standard InChI is InChI=1S/C17H27N3O2/c1-5-6-16(18)17(22)19-15-9-7-14(8-10-15)11-20(12(2)3)13(4)21/h7-10,12,16H,5-6,11,18H2,1-4H3,(H,19,22). The van der Waals surface area contributed by atoms with Crippen molar-refractivity contribution in [1.82, 2.24) is 4.90 Å². The van der Waals surface area contributed by atoms with Crippen LogP contribution in [0.25, 0.3) is 0 Å². The van der Waals surface area contributed by atoms with E-state index in [-0.39, 0.29) is 17.9 Å². The van der Waals surface area contributed by atoms with Gasteiger partial charge in [0.05, 0.1) is 6.04 Å². The van der Waals surface area contributed by atoms with Gasteiger partial charge in [0, 0.05) is 25.2 Å². The van der Waals surface area contributed by atoms with E-state index in [1.54, 1.807) is 11.8 Å². The summed E-state index contributed by atoms with van der Waals surface area (Å²) >= 11 is 0. The summed E-state index contributed by atoms with van der Waals surface area (Å²) in [6.45, 7) is 8.12. The zero-order valence-corrected chi connectivity index (χ0v) is 13.9. The fraction of sp³-hybridized carbons (Fsp3) is 0.529. The van der Waals surface area contributed by atoms with E-state index >= 15 is 0 Å². The monoisotopic (exact) mass is 305 g/mol. The van der Waals surface area contributed by atoms with E-state index in [0.29, 0.717) is 13.0 Å². The number of amides is 2. The molecule has 2 amide bonds. The van der Waals surface area contributed by atoms with Gasteiger partial charge in [-0.3, -0.25) is 9.59 Å². The topological polar surface area (TPSA) is 75.4 Å². The summed E-state index contributed by atoms with van der Waals surface area (Å²) in [5, 5.41) is 2.81. The maximum atomic E-state index is 11.9. The molecule has 0 fully saturated rings. The Hall–Kier alpha value is -1.88. The van der Waals surface area contributed by atoms with Gasteiger partial charge >= 0.3 is 0 Å². The molecule has 0 aliphatic heterocycles. The number of nitrogens with zero attached hydrogens (tertiary/aromatic N) is 1. The van der Waals surface area contributed by atoms with Gasteiger partial charge in [-0.05, 0) is 38.0 Å². The van der Waals surface area contributed by atoms with Gasteiger partial charge in [-0.15, -0.1) is 0 Å². The predicted octanol–water partition coefficient (Wildman–Crippen LogP) is 2.51. The SMILES string of the molecule is CCCC(N)C(=O)Nc1ccc(CN(C(C)=O)C(C)C)cc1. The number of carbonyl (C=O) groups is 2. The van der Waals surface area contributed by atoms with Crippen LogP contribution in [0.3, 0.4) is 0 Å². The third-order valence-electron chi connectivity index (χ3n) is 3.54. The van der Waals surface area contributed by atoms with Gasteiger partial charge < -0.3 is 16.0 Å².